The largest absolute Gasteiger partial charge is 0.301 e. The molecule has 0 amide bonds. The molecule has 1 atom stereocenters. The lowest BCUT2D eigenvalue weighted by molar-refractivity contribution is 0.813. The minimum Gasteiger partial charge on any atom is -0.301 e. The van der Waals surface area contributed by atoms with Gasteiger partial charge in [-0.15, -0.1) is 0 Å². The SMILES string of the molecule is CCCc1cc(=O)[nH]c(S[C@H](C#N)Cc2ccc(C)cc2)n1. The molecule has 2 rings (SSSR count). The summed E-state index contributed by atoms with van der Waals surface area (Å²) in [5.74, 6) is 0. The molecule has 1 N–H and O–H groups in total. The van der Waals surface area contributed by atoms with Gasteiger partial charge in [-0.1, -0.05) is 54.9 Å². The van der Waals surface area contributed by atoms with Gasteiger partial charge >= 0.3 is 0 Å². The normalized spacial score (nSPS) is 11.9. The lowest BCUT2D eigenvalue weighted by Gasteiger charge is -2.09. The van der Waals surface area contributed by atoms with Crippen LogP contribution in [0.25, 0.3) is 0 Å². The smallest absolute Gasteiger partial charge is 0.251 e. The molecule has 0 unspecified atom stereocenters. The fourth-order valence-electron chi connectivity index (χ4n) is 2.11. The molecule has 0 aliphatic heterocycles. The monoisotopic (exact) mass is 313 g/mol. The summed E-state index contributed by atoms with van der Waals surface area (Å²) in [6.07, 6.45) is 2.33. The molecule has 5 heteroatoms. The van der Waals surface area contributed by atoms with E-state index in [2.05, 4.69) is 16.0 Å². The predicted molar refractivity (Wildman–Crippen MR) is 89.0 cm³/mol. The molecule has 0 saturated heterocycles. The zero-order valence-electron chi connectivity index (χ0n) is 12.8. The van der Waals surface area contributed by atoms with Crippen LogP contribution in [-0.2, 0) is 12.8 Å². The van der Waals surface area contributed by atoms with Crippen LogP contribution < -0.4 is 5.56 Å². The number of nitrogens with zero attached hydrogens (tertiary/aromatic N) is 2. The predicted octanol–water partition coefficient (Wildman–Crippen LogP) is 3.26. The van der Waals surface area contributed by atoms with Gasteiger partial charge in [0.15, 0.2) is 5.16 Å². The van der Waals surface area contributed by atoms with E-state index in [9.17, 15) is 10.1 Å². The molecule has 0 aliphatic carbocycles. The van der Waals surface area contributed by atoms with Crippen LogP contribution in [0, 0.1) is 18.3 Å². The van der Waals surface area contributed by atoms with Crippen molar-refractivity contribution < 1.29 is 0 Å². The highest BCUT2D eigenvalue weighted by Gasteiger charge is 2.13. The van der Waals surface area contributed by atoms with E-state index in [1.165, 1.54) is 23.4 Å². The van der Waals surface area contributed by atoms with Crippen molar-refractivity contribution in [3.05, 3.63) is 57.5 Å². The van der Waals surface area contributed by atoms with Crippen molar-refractivity contribution >= 4 is 11.8 Å². The average molecular weight is 313 g/mol. The Morgan fingerprint density at radius 1 is 1.36 bits per heavy atom. The molecule has 4 nitrogen and oxygen atoms in total. The third kappa shape index (κ3) is 4.74. The molecule has 1 aromatic heterocycles. The number of nitriles is 1. The molecule has 114 valence electrons. The topological polar surface area (TPSA) is 69.5 Å². The first-order valence-electron chi connectivity index (χ1n) is 7.32. The summed E-state index contributed by atoms with van der Waals surface area (Å²) in [6, 6.07) is 11.9. The fraction of sp³-hybridized carbons (Fsp3) is 0.353. The van der Waals surface area contributed by atoms with E-state index >= 15 is 0 Å². The third-order valence-corrected chi connectivity index (χ3v) is 4.19. The number of thioether (sulfide) groups is 1. The Balaban J connectivity index is 2.11. The minimum atomic E-state index is -0.275. The van der Waals surface area contributed by atoms with Gasteiger partial charge in [0, 0.05) is 11.8 Å². The summed E-state index contributed by atoms with van der Waals surface area (Å²) in [5.41, 5.74) is 2.92. The van der Waals surface area contributed by atoms with Crippen LogP contribution in [0.1, 0.15) is 30.2 Å². The number of benzene rings is 1. The molecule has 0 bridgehead atoms. The summed E-state index contributed by atoms with van der Waals surface area (Å²) in [5, 5.41) is 9.60. The molecule has 0 aliphatic rings. The Bertz CT molecular complexity index is 716. The van der Waals surface area contributed by atoms with E-state index in [1.54, 1.807) is 0 Å². The van der Waals surface area contributed by atoms with Crippen LogP contribution >= 0.6 is 11.8 Å². The number of hydrogen-bond donors (Lipinski definition) is 1. The molecule has 0 radical (unpaired) electrons. The first-order valence-corrected chi connectivity index (χ1v) is 8.20. The molecule has 2 aromatic rings. The van der Waals surface area contributed by atoms with Gasteiger partial charge in [0.05, 0.1) is 6.07 Å². The quantitative estimate of drug-likeness (QED) is 0.656. The van der Waals surface area contributed by atoms with Gasteiger partial charge in [-0.2, -0.15) is 5.26 Å². The van der Waals surface area contributed by atoms with Crippen LogP contribution in [0.3, 0.4) is 0 Å². The third-order valence-electron chi connectivity index (χ3n) is 3.22. The Kier molecular flexibility index (Phi) is 5.79. The fourth-order valence-corrected chi connectivity index (χ4v) is 3.04. The Labute approximate surface area is 134 Å². The standard InChI is InChI=1S/C17H19N3OS/c1-3-4-14-10-16(21)20-17(19-14)22-15(11-18)9-13-7-5-12(2)6-8-13/h5-8,10,15H,3-4,9H2,1-2H3,(H,19,20,21)/t15-/m0/s1. The van der Waals surface area contributed by atoms with Crippen LogP contribution in [-0.4, -0.2) is 15.2 Å². The number of rotatable bonds is 6. The summed E-state index contributed by atoms with van der Waals surface area (Å²) in [7, 11) is 0. The van der Waals surface area contributed by atoms with Gasteiger partial charge in [-0.3, -0.25) is 4.79 Å². The highest BCUT2D eigenvalue weighted by Crippen LogP contribution is 2.22. The maximum absolute atomic E-state index is 11.7. The first kappa shape index (κ1) is 16.3. The molecular formula is C17H19N3OS. The molecule has 0 spiro atoms. The van der Waals surface area contributed by atoms with Crippen molar-refractivity contribution in [2.75, 3.05) is 0 Å². The molecule has 0 saturated carbocycles. The van der Waals surface area contributed by atoms with Crippen LogP contribution in [0.2, 0.25) is 0 Å². The highest BCUT2D eigenvalue weighted by molar-refractivity contribution is 8.00. The van der Waals surface area contributed by atoms with Crippen molar-refractivity contribution in [3.8, 4) is 6.07 Å². The maximum atomic E-state index is 11.7. The van der Waals surface area contributed by atoms with Crippen molar-refractivity contribution in [2.45, 2.75) is 43.5 Å². The van der Waals surface area contributed by atoms with Crippen molar-refractivity contribution in [1.82, 2.24) is 9.97 Å². The second kappa shape index (κ2) is 7.81. The number of aromatic nitrogens is 2. The Morgan fingerprint density at radius 3 is 2.73 bits per heavy atom. The summed E-state index contributed by atoms with van der Waals surface area (Å²) >= 11 is 1.31. The van der Waals surface area contributed by atoms with E-state index in [-0.39, 0.29) is 10.8 Å². The van der Waals surface area contributed by atoms with E-state index in [0.29, 0.717) is 11.6 Å². The van der Waals surface area contributed by atoms with Gasteiger partial charge in [-0.25, -0.2) is 4.98 Å². The molecule has 1 aromatic carbocycles. The molecular weight excluding hydrogens is 294 g/mol. The average Bonchev–Trinajstić information content (AvgIpc) is 2.48. The number of aryl methyl sites for hydroxylation is 2. The van der Waals surface area contributed by atoms with Gasteiger partial charge < -0.3 is 4.98 Å². The number of H-pyrrole nitrogens is 1. The van der Waals surface area contributed by atoms with Crippen LogP contribution in [0.15, 0.2) is 40.3 Å². The summed E-state index contributed by atoms with van der Waals surface area (Å²) < 4.78 is 0. The van der Waals surface area contributed by atoms with Crippen LogP contribution in [0.4, 0.5) is 0 Å². The minimum absolute atomic E-state index is 0.159. The summed E-state index contributed by atoms with van der Waals surface area (Å²) in [6.45, 7) is 4.08. The van der Waals surface area contributed by atoms with Gasteiger partial charge in [0.1, 0.15) is 5.25 Å². The van der Waals surface area contributed by atoms with Gasteiger partial charge in [-0.05, 0) is 25.3 Å². The van der Waals surface area contributed by atoms with Crippen molar-refractivity contribution in [2.24, 2.45) is 0 Å². The second-order valence-corrected chi connectivity index (χ2v) is 6.41. The number of nitrogens with one attached hydrogen (secondary N) is 1. The van der Waals surface area contributed by atoms with E-state index in [0.717, 1.165) is 24.1 Å². The lowest BCUT2D eigenvalue weighted by atomic mass is 10.1. The van der Waals surface area contributed by atoms with E-state index in [1.807, 2.05) is 38.1 Å². The van der Waals surface area contributed by atoms with Crippen LogP contribution in [0.5, 0.6) is 0 Å². The second-order valence-electron chi connectivity index (χ2n) is 5.22. The van der Waals surface area contributed by atoms with E-state index < -0.39 is 0 Å². The molecule has 0 fully saturated rings. The van der Waals surface area contributed by atoms with Crippen molar-refractivity contribution in [3.63, 3.8) is 0 Å². The Hall–Kier alpha value is -2.06. The van der Waals surface area contributed by atoms with Crippen molar-refractivity contribution in [1.29, 1.82) is 5.26 Å². The molecule has 1 heterocycles. The number of hydrogen-bond acceptors (Lipinski definition) is 4. The highest BCUT2D eigenvalue weighted by atomic mass is 32.2. The summed E-state index contributed by atoms with van der Waals surface area (Å²) in [4.78, 5) is 18.8. The van der Waals surface area contributed by atoms with E-state index in [4.69, 9.17) is 0 Å². The first-order chi connectivity index (χ1) is 10.6. The zero-order valence-corrected chi connectivity index (χ0v) is 13.6. The molecule has 22 heavy (non-hydrogen) atoms. The lowest BCUT2D eigenvalue weighted by Crippen LogP contribution is -2.12. The Morgan fingerprint density at radius 2 is 2.09 bits per heavy atom. The zero-order chi connectivity index (χ0) is 15.9. The van der Waals surface area contributed by atoms with Gasteiger partial charge in [0.2, 0.25) is 0 Å². The number of aromatic amines is 1. The maximum Gasteiger partial charge on any atom is 0.251 e. The van der Waals surface area contributed by atoms with Gasteiger partial charge in [0.25, 0.3) is 5.56 Å².